The van der Waals surface area contributed by atoms with Crippen LogP contribution in [-0.4, -0.2) is 27.0 Å². The molecule has 0 aromatic heterocycles. The Balaban J connectivity index is 1.61. The number of ether oxygens (including phenoxy) is 1. The second-order valence-corrected chi connectivity index (χ2v) is 8.09. The van der Waals surface area contributed by atoms with Gasteiger partial charge < -0.3 is 10.1 Å². The smallest absolute Gasteiger partial charge is 0.249 e. The molecule has 0 saturated carbocycles. The van der Waals surface area contributed by atoms with Gasteiger partial charge in [-0.2, -0.15) is 0 Å². The second-order valence-electron chi connectivity index (χ2n) is 6.32. The van der Waals surface area contributed by atoms with Crippen LogP contribution in [0.1, 0.15) is 24.0 Å². The van der Waals surface area contributed by atoms with E-state index < -0.39 is 21.9 Å². The molecule has 1 fully saturated rings. The molecule has 2 aromatic rings. The van der Waals surface area contributed by atoms with Crippen molar-refractivity contribution >= 4 is 15.9 Å². The summed E-state index contributed by atoms with van der Waals surface area (Å²) in [6, 6.07) is 12.1. The van der Waals surface area contributed by atoms with Crippen LogP contribution in [0.15, 0.2) is 53.4 Å². The summed E-state index contributed by atoms with van der Waals surface area (Å²) in [5.74, 6) is -0.610. The summed E-state index contributed by atoms with van der Waals surface area (Å²) in [6.07, 6.45) is 1.14. The summed E-state index contributed by atoms with van der Waals surface area (Å²) in [4.78, 5) is 12.1. The van der Waals surface area contributed by atoms with E-state index in [0.717, 1.165) is 6.42 Å². The molecule has 2 N–H and O–H groups in total. The molecule has 1 aliphatic rings. The Bertz CT molecular complexity index is 911. The highest BCUT2D eigenvalue weighted by Gasteiger charge is 2.23. The average Bonchev–Trinajstić information content (AvgIpc) is 3.20. The molecule has 3 rings (SSSR count). The molecule has 0 radical (unpaired) electrons. The summed E-state index contributed by atoms with van der Waals surface area (Å²) >= 11 is 0. The highest BCUT2D eigenvalue weighted by atomic mass is 32.2. The number of amides is 1. The molecule has 1 atom stereocenters. The van der Waals surface area contributed by atoms with Gasteiger partial charge in [-0.3, -0.25) is 4.79 Å². The van der Waals surface area contributed by atoms with Crippen molar-refractivity contribution in [1.29, 1.82) is 0 Å². The van der Waals surface area contributed by atoms with E-state index in [-0.39, 0.29) is 23.9 Å². The van der Waals surface area contributed by atoms with Gasteiger partial charge in [0.15, 0.2) is 0 Å². The second kappa shape index (κ2) is 8.60. The summed E-state index contributed by atoms with van der Waals surface area (Å²) in [7, 11) is -3.76. The quantitative estimate of drug-likeness (QED) is 0.756. The number of hydrogen-bond acceptors (Lipinski definition) is 4. The predicted octanol–water partition coefficient (Wildman–Crippen LogP) is 2.10. The minimum Gasteiger partial charge on any atom is -0.368 e. The topological polar surface area (TPSA) is 84.5 Å². The Morgan fingerprint density at radius 3 is 2.56 bits per heavy atom. The van der Waals surface area contributed by atoms with Crippen molar-refractivity contribution in [1.82, 2.24) is 10.0 Å². The molecule has 1 amide bonds. The fraction of sp³-hybridized carbons (Fsp3) is 0.316. The minimum absolute atomic E-state index is 0.0138. The number of carbonyl (C=O) groups is 1. The molecule has 0 aliphatic carbocycles. The van der Waals surface area contributed by atoms with Crippen LogP contribution in [-0.2, 0) is 32.6 Å². The summed E-state index contributed by atoms with van der Waals surface area (Å²) in [6.45, 7) is 0.787. The van der Waals surface area contributed by atoms with Gasteiger partial charge in [-0.15, -0.1) is 0 Å². The number of benzene rings is 2. The standard InChI is InChI=1S/C19H21FN2O4S/c20-16-6-1-4-14(10-16)13-22-27(24,25)17-7-2-5-15(11-17)12-21-19(23)18-8-3-9-26-18/h1-2,4-7,10-11,18,22H,3,8-9,12-13H2,(H,21,23). The van der Waals surface area contributed by atoms with E-state index in [1.807, 2.05) is 0 Å². The van der Waals surface area contributed by atoms with Crippen LogP contribution in [0.2, 0.25) is 0 Å². The number of halogens is 1. The molecule has 8 heteroatoms. The molecular formula is C19H21FN2O4S. The largest absolute Gasteiger partial charge is 0.368 e. The maximum Gasteiger partial charge on any atom is 0.249 e. The van der Waals surface area contributed by atoms with Crippen molar-refractivity contribution < 1.29 is 22.3 Å². The third-order valence-electron chi connectivity index (χ3n) is 4.25. The SMILES string of the molecule is O=C(NCc1cccc(S(=O)(=O)NCc2cccc(F)c2)c1)C1CCCO1. The number of nitrogens with one attached hydrogen (secondary N) is 2. The third-order valence-corrected chi connectivity index (χ3v) is 5.65. The van der Waals surface area contributed by atoms with Crippen LogP contribution in [0.25, 0.3) is 0 Å². The van der Waals surface area contributed by atoms with Gasteiger partial charge in [0.05, 0.1) is 4.90 Å². The average molecular weight is 392 g/mol. The highest BCUT2D eigenvalue weighted by Crippen LogP contribution is 2.14. The molecule has 144 valence electrons. The lowest BCUT2D eigenvalue weighted by molar-refractivity contribution is -0.130. The van der Waals surface area contributed by atoms with Crippen LogP contribution < -0.4 is 10.0 Å². The molecule has 1 unspecified atom stereocenters. The van der Waals surface area contributed by atoms with E-state index in [1.165, 1.54) is 30.3 Å². The van der Waals surface area contributed by atoms with E-state index in [1.54, 1.807) is 18.2 Å². The van der Waals surface area contributed by atoms with Gasteiger partial charge in [0.25, 0.3) is 0 Å². The molecular weight excluding hydrogens is 371 g/mol. The van der Waals surface area contributed by atoms with E-state index in [0.29, 0.717) is 24.2 Å². The summed E-state index contributed by atoms with van der Waals surface area (Å²) < 4.78 is 45.9. The van der Waals surface area contributed by atoms with E-state index in [4.69, 9.17) is 4.74 Å². The number of carbonyl (C=O) groups excluding carboxylic acids is 1. The molecule has 0 spiro atoms. The van der Waals surface area contributed by atoms with Gasteiger partial charge >= 0.3 is 0 Å². The first-order valence-corrected chi connectivity index (χ1v) is 10.1. The number of sulfonamides is 1. The zero-order valence-corrected chi connectivity index (χ0v) is 15.5. The van der Waals surface area contributed by atoms with Crippen LogP contribution in [0.3, 0.4) is 0 Å². The van der Waals surface area contributed by atoms with Gasteiger partial charge in [-0.25, -0.2) is 17.5 Å². The van der Waals surface area contributed by atoms with Crippen molar-refractivity contribution in [2.24, 2.45) is 0 Å². The van der Waals surface area contributed by atoms with Crippen molar-refractivity contribution in [3.8, 4) is 0 Å². The molecule has 1 aliphatic heterocycles. The van der Waals surface area contributed by atoms with E-state index >= 15 is 0 Å². The lowest BCUT2D eigenvalue weighted by Crippen LogP contribution is -2.33. The first kappa shape index (κ1) is 19.5. The molecule has 6 nitrogen and oxygen atoms in total. The predicted molar refractivity (Wildman–Crippen MR) is 97.7 cm³/mol. The molecule has 1 heterocycles. The zero-order chi connectivity index (χ0) is 19.3. The van der Waals surface area contributed by atoms with Gasteiger partial charge in [0, 0.05) is 19.7 Å². The summed E-state index contributed by atoms with van der Waals surface area (Å²) in [5, 5.41) is 2.76. The van der Waals surface area contributed by atoms with Gasteiger partial charge in [-0.05, 0) is 48.2 Å². The van der Waals surface area contributed by atoms with Crippen molar-refractivity contribution in [3.05, 3.63) is 65.5 Å². The Labute approximate surface area is 157 Å². The first-order chi connectivity index (χ1) is 12.9. The Morgan fingerprint density at radius 2 is 1.85 bits per heavy atom. The van der Waals surface area contributed by atoms with Crippen LogP contribution in [0, 0.1) is 5.82 Å². The molecule has 2 aromatic carbocycles. The Morgan fingerprint density at radius 1 is 1.11 bits per heavy atom. The fourth-order valence-electron chi connectivity index (χ4n) is 2.82. The molecule has 1 saturated heterocycles. The van der Waals surface area contributed by atoms with Gasteiger partial charge in [0.1, 0.15) is 11.9 Å². The highest BCUT2D eigenvalue weighted by molar-refractivity contribution is 7.89. The van der Waals surface area contributed by atoms with E-state index in [2.05, 4.69) is 10.0 Å². The number of rotatable bonds is 7. The first-order valence-electron chi connectivity index (χ1n) is 8.66. The number of hydrogen-bond donors (Lipinski definition) is 2. The fourth-order valence-corrected chi connectivity index (χ4v) is 3.91. The summed E-state index contributed by atoms with van der Waals surface area (Å²) in [5.41, 5.74) is 1.19. The monoisotopic (exact) mass is 392 g/mol. The Hall–Kier alpha value is -2.29. The van der Waals surface area contributed by atoms with Gasteiger partial charge in [0.2, 0.25) is 15.9 Å². The van der Waals surface area contributed by atoms with Gasteiger partial charge in [-0.1, -0.05) is 24.3 Å². The van der Waals surface area contributed by atoms with Crippen molar-refractivity contribution in [2.45, 2.75) is 36.9 Å². The van der Waals surface area contributed by atoms with E-state index in [9.17, 15) is 17.6 Å². The molecule has 0 bridgehead atoms. The van der Waals surface area contributed by atoms with Crippen molar-refractivity contribution in [2.75, 3.05) is 6.61 Å². The minimum atomic E-state index is -3.76. The maximum atomic E-state index is 13.2. The normalized spacial score (nSPS) is 17.0. The molecule has 27 heavy (non-hydrogen) atoms. The Kier molecular flexibility index (Phi) is 6.20. The van der Waals surface area contributed by atoms with Crippen molar-refractivity contribution in [3.63, 3.8) is 0 Å². The lowest BCUT2D eigenvalue weighted by atomic mass is 10.2. The van der Waals surface area contributed by atoms with Crippen LogP contribution in [0.5, 0.6) is 0 Å². The van der Waals surface area contributed by atoms with Crippen LogP contribution in [0.4, 0.5) is 4.39 Å². The van der Waals surface area contributed by atoms with Crippen LogP contribution >= 0.6 is 0 Å². The maximum absolute atomic E-state index is 13.2. The third kappa shape index (κ3) is 5.35. The zero-order valence-electron chi connectivity index (χ0n) is 14.7. The lowest BCUT2D eigenvalue weighted by Gasteiger charge is -2.12.